The molecule has 0 bridgehead atoms. The Morgan fingerprint density at radius 3 is 2.95 bits per heavy atom. The van der Waals surface area contributed by atoms with Gasteiger partial charge in [0.15, 0.2) is 0 Å². The number of nitrogens with two attached hydrogens (primary N) is 1. The minimum atomic E-state index is -3.62. The van der Waals surface area contributed by atoms with Crippen LogP contribution in [-0.2, 0) is 10.0 Å². The van der Waals surface area contributed by atoms with Gasteiger partial charge in [0, 0.05) is 22.0 Å². The van der Waals surface area contributed by atoms with E-state index in [9.17, 15) is 8.42 Å². The van der Waals surface area contributed by atoms with Crippen molar-refractivity contribution in [3.63, 3.8) is 0 Å². The molecule has 0 aliphatic heterocycles. The molecule has 112 valence electrons. The van der Waals surface area contributed by atoms with E-state index in [1.807, 2.05) is 0 Å². The molecule has 2 rings (SSSR count). The van der Waals surface area contributed by atoms with Crippen molar-refractivity contribution in [1.29, 1.82) is 0 Å². The average molecular weight is 380 g/mol. The smallest absolute Gasteiger partial charge is 0.244 e. The zero-order valence-corrected chi connectivity index (χ0v) is 14.4. The normalized spacial score (nSPS) is 23.7. The molecule has 8 heteroatoms. The molecular formula is C12H18BrN3O2S2. The maximum atomic E-state index is 12.4. The van der Waals surface area contributed by atoms with E-state index in [2.05, 4.69) is 31.9 Å². The maximum Gasteiger partial charge on any atom is 0.244 e. The second kappa shape index (κ2) is 6.64. The third-order valence-electron chi connectivity index (χ3n) is 3.42. The Hall–Kier alpha value is -0.310. The van der Waals surface area contributed by atoms with Crippen molar-refractivity contribution < 1.29 is 8.42 Å². The zero-order chi connectivity index (χ0) is 14.8. The van der Waals surface area contributed by atoms with Gasteiger partial charge in [-0.05, 0) is 47.5 Å². The van der Waals surface area contributed by atoms with Gasteiger partial charge in [-0.3, -0.25) is 0 Å². The summed E-state index contributed by atoms with van der Waals surface area (Å²) in [6, 6.07) is 1.46. The first-order chi connectivity index (χ1) is 9.42. The Labute approximate surface area is 132 Å². The zero-order valence-electron chi connectivity index (χ0n) is 11.2. The van der Waals surface area contributed by atoms with Gasteiger partial charge >= 0.3 is 0 Å². The van der Waals surface area contributed by atoms with Crippen molar-refractivity contribution in [2.24, 2.45) is 0 Å². The minimum absolute atomic E-state index is 0.0235. The molecule has 1 heterocycles. The van der Waals surface area contributed by atoms with Crippen LogP contribution < -0.4 is 10.5 Å². The van der Waals surface area contributed by atoms with E-state index in [0.29, 0.717) is 9.72 Å². The molecule has 20 heavy (non-hydrogen) atoms. The van der Waals surface area contributed by atoms with Gasteiger partial charge < -0.3 is 5.73 Å². The number of nitrogen functional groups attached to an aromatic ring is 1. The van der Waals surface area contributed by atoms with E-state index < -0.39 is 10.0 Å². The van der Waals surface area contributed by atoms with Gasteiger partial charge in [0.1, 0.15) is 10.7 Å². The first-order valence-electron chi connectivity index (χ1n) is 6.38. The standard InChI is InChI=1S/C12H18BrN3O2S2/c1-19-10-4-2-3-9(6-10)16-20(17,18)11-5-8(13)7-15-12(11)14/h5,7,9-10,16H,2-4,6H2,1H3,(H2,14,15). The molecule has 1 aromatic heterocycles. The van der Waals surface area contributed by atoms with Crippen LogP contribution in [-0.4, -0.2) is 30.9 Å². The van der Waals surface area contributed by atoms with Crippen molar-refractivity contribution in [3.8, 4) is 0 Å². The Bertz CT molecular complexity index is 580. The van der Waals surface area contributed by atoms with E-state index in [-0.39, 0.29) is 16.8 Å². The quantitative estimate of drug-likeness (QED) is 0.838. The molecule has 2 atom stereocenters. The third kappa shape index (κ3) is 3.87. The topological polar surface area (TPSA) is 85.1 Å². The van der Waals surface area contributed by atoms with E-state index in [1.165, 1.54) is 12.3 Å². The number of halogens is 1. The Morgan fingerprint density at radius 2 is 2.25 bits per heavy atom. The molecule has 1 fully saturated rings. The van der Waals surface area contributed by atoms with E-state index in [4.69, 9.17) is 5.73 Å². The summed E-state index contributed by atoms with van der Waals surface area (Å²) in [7, 11) is -3.62. The molecule has 1 aromatic rings. The van der Waals surface area contributed by atoms with Crippen molar-refractivity contribution in [2.75, 3.05) is 12.0 Å². The number of thioether (sulfide) groups is 1. The van der Waals surface area contributed by atoms with Gasteiger partial charge in [-0.25, -0.2) is 18.1 Å². The number of nitrogens with one attached hydrogen (secondary N) is 1. The molecule has 3 N–H and O–H groups in total. The van der Waals surface area contributed by atoms with Crippen LogP contribution in [0.1, 0.15) is 25.7 Å². The Balaban J connectivity index is 2.16. The van der Waals surface area contributed by atoms with Crippen molar-refractivity contribution in [1.82, 2.24) is 9.71 Å². The lowest BCUT2D eigenvalue weighted by Gasteiger charge is -2.28. The van der Waals surface area contributed by atoms with Crippen LogP contribution in [0.15, 0.2) is 21.6 Å². The second-order valence-corrected chi connectivity index (χ2v) is 8.62. The van der Waals surface area contributed by atoms with Crippen LogP contribution in [0.3, 0.4) is 0 Å². The third-order valence-corrected chi connectivity index (χ3v) is 6.50. The second-order valence-electron chi connectivity index (χ2n) is 4.88. The summed E-state index contributed by atoms with van der Waals surface area (Å²) in [5.74, 6) is 0.0259. The van der Waals surface area contributed by atoms with Crippen LogP contribution >= 0.6 is 27.7 Å². The summed E-state index contributed by atoms with van der Waals surface area (Å²) in [6.07, 6.45) is 7.49. The Kier molecular flexibility index (Phi) is 5.33. The molecule has 2 unspecified atom stereocenters. The van der Waals surface area contributed by atoms with Gasteiger partial charge in [-0.2, -0.15) is 11.8 Å². The lowest BCUT2D eigenvalue weighted by atomic mass is 9.96. The number of aromatic nitrogens is 1. The van der Waals surface area contributed by atoms with Crippen molar-refractivity contribution in [3.05, 3.63) is 16.7 Å². The van der Waals surface area contributed by atoms with Gasteiger partial charge in [-0.15, -0.1) is 0 Å². The first-order valence-corrected chi connectivity index (χ1v) is 9.95. The van der Waals surface area contributed by atoms with Gasteiger partial charge in [0.25, 0.3) is 0 Å². The number of sulfonamides is 1. The highest BCUT2D eigenvalue weighted by molar-refractivity contribution is 9.10. The summed E-state index contributed by atoms with van der Waals surface area (Å²) < 4.78 is 28.2. The van der Waals surface area contributed by atoms with Crippen LogP contribution in [0.25, 0.3) is 0 Å². The number of hydrogen-bond acceptors (Lipinski definition) is 5. The van der Waals surface area contributed by atoms with Crippen LogP contribution in [0.2, 0.25) is 0 Å². The van der Waals surface area contributed by atoms with Crippen molar-refractivity contribution >= 4 is 43.5 Å². The molecule has 0 radical (unpaired) electrons. The number of nitrogens with zero attached hydrogens (tertiary/aromatic N) is 1. The summed E-state index contributed by atoms with van der Waals surface area (Å²) in [5, 5.41) is 0.523. The van der Waals surface area contributed by atoms with E-state index in [1.54, 1.807) is 11.8 Å². The monoisotopic (exact) mass is 379 g/mol. The first kappa shape index (κ1) is 16.1. The molecule has 1 saturated carbocycles. The SMILES string of the molecule is CSC1CCCC(NS(=O)(=O)c2cc(Br)cnc2N)C1. The fourth-order valence-electron chi connectivity index (χ4n) is 2.40. The Morgan fingerprint density at radius 1 is 1.50 bits per heavy atom. The summed E-state index contributed by atoms with van der Waals surface area (Å²) >= 11 is 5.02. The molecule has 0 spiro atoms. The lowest BCUT2D eigenvalue weighted by Crippen LogP contribution is -2.39. The number of pyridine rings is 1. The molecule has 0 aromatic carbocycles. The van der Waals surface area contributed by atoms with E-state index >= 15 is 0 Å². The maximum absolute atomic E-state index is 12.4. The van der Waals surface area contributed by atoms with Gasteiger partial charge in [0.2, 0.25) is 10.0 Å². The number of anilines is 1. The molecule has 1 aliphatic carbocycles. The highest BCUT2D eigenvalue weighted by atomic mass is 79.9. The molecular weight excluding hydrogens is 362 g/mol. The van der Waals surface area contributed by atoms with Crippen LogP contribution in [0, 0.1) is 0 Å². The van der Waals surface area contributed by atoms with Crippen LogP contribution in [0.4, 0.5) is 5.82 Å². The summed E-state index contributed by atoms with van der Waals surface area (Å²) in [4.78, 5) is 3.92. The highest BCUT2D eigenvalue weighted by Crippen LogP contribution is 2.28. The minimum Gasteiger partial charge on any atom is -0.383 e. The molecule has 5 nitrogen and oxygen atoms in total. The highest BCUT2D eigenvalue weighted by Gasteiger charge is 2.27. The number of rotatable bonds is 4. The molecule has 1 aliphatic rings. The fourth-order valence-corrected chi connectivity index (χ4v) is 5.10. The van der Waals surface area contributed by atoms with E-state index in [0.717, 1.165) is 25.7 Å². The molecule has 0 amide bonds. The van der Waals surface area contributed by atoms with Crippen molar-refractivity contribution in [2.45, 2.75) is 41.9 Å². The lowest BCUT2D eigenvalue weighted by molar-refractivity contribution is 0.421. The van der Waals surface area contributed by atoms with Gasteiger partial charge in [-0.1, -0.05) is 6.42 Å². The summed E-state index contributed by atoms with van der Waals surface area (Å²) in [5.41, 5.74) is 5.68. The largest absolute Gasteiger partial charge is 0.383 e. The summed E-state index contributed by atoms with van der Waals surface area (Å²) in [6.45, 7) is 0. The van der Waals surface area contributed by atoms with Gasteiger partial charge in [0.05, 0.1) is 0 Å². The fraction of sp³-hybridized carbons (Fsp3) is 0.583. The predicted octanol–water partition coefficient (Wildman–Crippen LogP) is 2.38. The average Bonchev–Trinajstić information content (AvgIpc) is 2.41. The number of hydrogen-bond donors (Lipinski definition) is 2. The predicted molar refractivity (Wildman–Crippen MR) is 86.2 cm³/mol. The van der Waals surface area contributed by atoms with Crippen LogP contribution in [0.5, 0.6) is 0 Å². The molecule has 0 saturated heterocycles.